The summed E-state index contributed by atoms with van der Waals surface area (Å²) in [4.78, 5) is 13.9. The molecule has 2 amide bonds. The van der Waals surface area contributed by atoms with E-state index in [1.54, 1.807) is 13.1 Å². The Kier molecular flexibility index (Phi) is 7.24. The van der Waals surface area contributed by atoms with Gasteiger partial charge in [0.2, 0.25) is 0 Å². The van der Waals surface area contributed by atoms with E-state index in [2.05, 4.69) is 5.32 Å². The van der Waals surface area contributed by atoms with Gasteiger partial charge in [-0.3, -0.25) is 0 Å². The van der Waals surface area contributed by atoms with Crippen molar-refractivity contribution in [1.82, 2.24) is 10.2 Å². The highest BCUT2D eigenvalue weighted by Gasteiger charge is 2.31. The van der Waals surface area contributed by atoms with Crippen molar-refractivity contribution in [2.24, 2.45) is 0 Å². The molecule has 0 spiro atoms. The van der Waals surface area contributed by atoms with Gasteiger partial charge in [-0.25, -0.2) is 4.79 Å². The average Bonchev–Trinajstić information content (AvgIpc) is 2.66. The number of benzene rings is 2. The van der Waals surface area contributed by atoms with Gasteiger partial charge in [-0.2, -0.15) is 13.2 Å². The number of nitrogens with zero attached hydrogens (tertiary/aromatic N) is 1. The normalized spacial score (nSPS) is 12.5. The summed E-state index contributed by atoms with van der Waals surface area (Å²) < 4.78 is 43.9. The van der Waals surface area contributed by atoms with Gasteiger partial charge >= 0.3 is 12.2 Å². The molecule has 4 nitrogen and oxygen atoms in total. The van der Waals surface area contributed by atoms with Gasteiger partial charge in [0.25, 0.3) is 0 Å². The standard InChI is InChI=1S/C20H23F3N2O2/c1-25(12-11-15-7-4-3-5-8-15)19(26)24-18(14-27-2)16-9-6-10-17(13-16)20(21,22)23/h3-10,13,18H,11-12,14H2,1-2H3,(H,24,26). The lowest BCUT2D eigenvalue weighted by Gasteiger charge is -2.24. The van der Waals surface area contributed by atoms with Crippen molar-refractivity contribution in [3.8, 4) is 0 Å². The number of halogens is 3. The SMILES string of the molecule is COCC(NC(=O)N(C)CCc1ccccc1)c1cccc(C(F)(F)F)c1. The number of alkyl halides is 3. The minimum Gasteiger partial charge on any atom is -0.382 e. The zero-order valence-corrected chi connectivity index (χ0v) is 15.3. The van der Waals surface area contributed by atoms with Crippen molar-refractivity contribution in [3.05, 3.63) is 71.3 Å². The maximum atomic E-state index is 12.9. The van der Waals surface area contributed by atoms with Crippen LogP contribution in [0.3, 0.4) is 0 Å². The fourth-order valence-electron chi connectivity index (χ4n) is 2.62. The third kappa shape index (κ3) is 6.29. The first kappa shape index (κ1) is 20.8. The van der Waals surface area contributed by atoms with Crippen molar-refractivity contribution in [3.63, 3.8) is 0 Å². The number of hydrogen-bond acceptors (Lipinski definition) is 2. The number of carbonyl (C=O) groups is 1. The van der Waals surface area contributed by atoms with Crippen molar-refractivity contribution in [2.75, 3.05) is 27.3 Å². The second-order valence-electron chi connectivity index (χ2n) is 6.24. The van der Waals surface area contributed by atoms with E-state index in [0.717, 1.165) is 17.7 Å². The van der Waals surface area contributed by atoms with Crippen LogP contribution in [0, 0.1) is 0 Å². The molecule has 27 heavy (non-hydrogen) atoms. The Bertz CT molecular complexity index is 736. The summed E-state index contributed by atoms with van der Waals surface area (Å²) in [7, 11) is 3.08. The molecule has 0 saturated heterocycles. The van der Waals surface area contributed by atoms with Crippen LogP contribution in [0.2, 0.25) is 0 Å². The average molecular weight is 380 g/mol. The highest BCUT2D eigenvalue weighted by Crippen LogP contribution is 2.30. The molecule has 0 heterocycles. The number of nitrogens with one attached hydrogen (secondary N) is 1. The topological polar surface area (TPSA) is 41.6 Å². The Labute approximate surface area is 156 Å². The number of amides is 2. The molecule has 0 bridgehead atoms. The maximum Gasteiger partial charge on any atom is 0.416 e. The lowest BCUT2D eigenvalue weighted by molar-refractivity contribution is -0.137. The summed E-state index contributed by atoms with van der Waals surface area (Å²) in [5.74, 6) is 0. The Morgan fingerprint density at radius 1 is 1.15 bits per heavy atom. The summed E-state index contributed by atoms with van der Waals surface area (Å²) >= 11 is 0. The molecule has 1 atom stereocenters. The quantitative estimate of drug-likeness (QED) is 0.779. The number of urea groups is 1. The molecule has 7 heteroatoms. The van der Waals surface area contributed by atoms with Crippen LogP contribution in [-0.4, -0.2) is 38.2 Å². The molecule has 2 aromatic rings. The second-order valence-corrected chi connectivity index (χ2v) is 6.24. The van der Waals surface area contributed by atoms with E-state index in [0.29, 0.717) is 18.5 Å². The van der Waals surface area contributed by atoms with Crippen LogP contribution in [0.5, 0.6) is 0 Å². The van der Waals surface area contributed by atoms with Gasteiger partial charge < -0.3 is 15.0 Å². The Balaban J connectivity index is 2.03. The van der Waals surface area contributed by atoms with Crippen molar-refractivity contribution in [1.29, 1.82) is 0 Å². The van der Waals surface area contributed by atoms with Crippen molar-refractivity contribution in [2.45, 2.75) is 18.6 Å². The van der Waals surface area contributed by atoms with Crippen molar-refractivity contribution < 1.29 is 22.7 Å². The molecule has 2 aromatic carbocycles. The minimum atomic E-state index is -4.44. The monoisotopic (exact) mass is 380 g/mol. The highest BCUT2D eigenvalue weighted by atomic mass is 19.4. The molecule has 0 aliphatic carbocycles. The number of carbonyl (C=O) groups excluding carboxylic acids is 1. The zero-order valence-electron chi connectivity index (χ0n) is 15.3. The van der Waals surface area contributed by atoms with E-state index < -0.39 is 17.8 Å². The van der Waals surface area contributed by atoms with Gasteiger partial charge in [0.1, 0.15) is 0 Å². The molecule has 0 aliphatic rings. The third-order valence-electron chi connectivity index (χ3n) is 4.17. The molecule has 1 N–H and O–H groups in total. The van der Waals surface area contributed by atoms with E-state index in [4.69, 9.17) is 4.74 Å². The fourth-order valence-corrected chi connectivity index (χ4v) is 2.62. The van der Waals surface area contributed by atoms with Gasteiger partial charge in [0, 0.05) is 20.7 Å². The molecular weight excluding hydrogens is 357 g/mol. The lowest BCUT2D eigenvalue weighted by Crippen LogP contribution is -2.41. The molecule has 0 aliphatic heterocycles. The molecule has 0 fully saturated rings. The Hall–Kier alpha value is -2.54. The summed E-state index contributed by atoms with van der Waals surface area (Å²) in [6, 6.07) is 13.6. The molecule has 0 radical (unpaired) electrons. The third-order valence-corrected chi connectivity index (χ3v) is 4.17. The number of rotatable bonds is 7. The Morgan fingerprint density at radius 2 is 1.85 bits per heavy atom. The predicted octanol–water partition coefficient (Wildman–Crippen LogP) is 4.28. The van der Waals surface area contributed by atoms with Crippen LogP contribution in [0.4, 0.5) is 18.0 Å². The lowest BCUT2D eigenvalue weighted by atomic mass is 10.0. The number of ether oxygens (including phenoxy) is 1. The number of likely N-dealkylation sites (N-methyl/N-ethyl adjacent to an activating group) is 1. The Morgan fingerprint density at radius 3 is 2.48 bits per heavy atom. The highest BCUT2D eigenvalue weighted by molar-refractivity contribution is 5.74. The summed E-state index contributed by atoms with van der Waals surface area (Å²) in [6.07, 6.45) is -3.76. The maximum absolute atomic E-state index is 12.9. The van der Waals surface area contributed by atoms with E-state index in [9.17, 15) is 18.0 Å². The van der Waals surface area contributed by atoms with Crippen LogP contribution < -0.4 is 5.32 Å². The van der Waals surface area contributed by atoms with Gasteiger partial charge in [0.15, 0.2) is 0 Å². The van der Waals surface area contributed by atoms with E-state index in [1.807, 2.05) is 30.3 Å². The van der Waals surface area contributed by atoms with Gasteiger partial charge in [-0.1, -0.05) is 42.5 Å². The predicted molar refractivity (Wildman–Crippen MR) is 97.4 cm³/mol. The zero-order chi connectivity index (χ0) is 19.9. The molecule has 2 rings (SSSR count). The van der Waals surface area contributed by atoms with Crippen molar-refractivity contribution >= 4 is 6.03 Å². The van der Waals surface area contributed by atoms with Gasteiger partial charge in [-0.05, 0) is 29.7 Å². The number of methoxy groups -OCH3 is 1. The second kappa shape index (κ2) is 9.41. The first-order valence-corrected chi connectivity index (χ1v) is 8.53. The fraction of sp³-hybridized carbons (Fsp3) is 0.350. The largest absolute Gasteiger partial charge is 0.416 e. The van der Waals surface area contributed by atoms with Crippen LogP contribution in [0.25, 0.3) is 0 Å². The van der Waals surface area contributed by atoms with E-state index >= 15 is 0 Å². The van der Waals surface area contributed by atoms with Crippen LogP contribution in [0.15, 0.2) is 54.6 Å². The molecule has 146 valence electrons. The molecule has 0 saturated carbocycles. The van der Waals surface area contributed by atoms with E-state index in [-0.39, 0.29) is 12.6 Å². The first-order chi connectivity index (χ1) is 12.8. The molecule has 1 unspecified atom stereocenters. The summed E-state index contributed by atoms with van der Waals surface area (Å²) in [6.45, 7) is 0.553. The first-order valence-electron chi connectivity index (χ1n) is 8.53. The summed E-state index contributed by atoms with van der Waals surface area (Å²) in [5, 5.41) is 2.74. The number of hydrogen-bond donors (Lipinski definition) is 1. The van der Waals surface area contributed by atoms with Crippen LogP contribution in [-0.2, 0) is 17.3 Å². The van der Waals surface area contributed by atoms with Gasteiger partial charge in [0.05, 0.1) is 18.2 Å². The minimum absolute atomic E-state index is 0.0690. The van der Waals surface area contributed by atoms with Crippen LogP contribution in [0.1, 0.15) is 22.7 Å². The van der Waals surface area contributed by atoms with Crippen LogP contribution >= 0.6 is 0 Å². The molecule has 0 aromatic heterocycles. The van der Waals surface area contributed by atoms with E-state index in [1.165, 1.54) is 18.1 Å². The molecular formula is C20H23F3N2O2. The van der Waals surface area contributed by atoms with Gasteiger partial charge in [-0.15, -0.1) is 0 Å². The summed E-state index contributed by atoms with van der Waals surface area (Å²) in [5.41, 5.74) is 0.688. The smallest absolute Gasteiger partial charge is 0.382 e.